The molecule has 0 saturated heterocycles. The third kappa shape index (κ3) is 3.30. The number of hydrogen-bond acceptors (Lipinski definition) is 3. The molecule has 4 fully saturated rings. The Morgan fingerprint density at radius 1 is 1.10 bits per heavy atom. The van der Waals surface area contributed by atoms with Crippen LogP contribution < -0.4 is 0 Å². The quantitative estimate of drug-likeness (QED) is 0.797. The molecule has 0 amide bonds. The molecule has 4 aliphatic rings. The van der Waals surface area contributed by atoms with Gasteiger partial charge in [0.1, 0.15) is 0 Å². The van der Waals surface area contributed by atoms with Crippen LogP contribution in [-0.2, 0) is 11.3 Å². The lowest BCUT2D eigenvalue weighted by Crippen LogP contribution is -2.51. The van der Waals surface area contributed by atoms with Gasteiger partial charge in [0.25, 0.3) is 0 Å². The first-order chi connectivity index (χ1) is 13.8. The molecule has 1 heterocycles. The fraction of sp³-hybridized carbons (Fsp3) is 0.840. The van der Waals surface area contributed by atoms with Crippen molar-refractivity contribution in [2.24, 2.45) is 40.9 Å². The van der Waals surface area contributed by atoms with Gasteiger partial charge in [0.05, 0.1) is 18.3 Å². The number of fused-ring (bicyclic) bond motifs is 5. The Balaban J connectivity index is 1.31. The van der Waals surface area contributed by atoms with E-state index in [2.05, 4.69) is 12.0 Å². The average Bonchev–Trinajstić information content (AvgIpc) is 3.22. The van der Waals surface area contributed by atoms with E-state index in [-0.39, 0.29) is 11.3 Å². The lowest BCUT2D eigenvalue weighted by molar-refractivity contribution is -0.133. The van der Waals surface area contributed by atoms with Gasteiger partial charge in [-0.05, 0) is 112 Å². The zero-order valence-electron chi connectivity index (χ0n) is 18.4. The van der Waals surface area contributed by atoms with E-state index in [1.807, 2.05) is 30.9 Å². The third-order valence-electron chi connectivity index (χ3n) is 9.71. The minimum atomic E-state index is -0.438. The maximum atomic E-state index is 13.3. The van der Waals surface area contributed by atoms with Crippen LogP contribution in [0, 0.1) is 47.8 Å². The Labute approximate surface area is 175 Å². The van der Waals surface area contributed by atoms with Gasteiger partial charge in [-0.2, -0.15) is 5.10 Å². The van der Waals surface area contributed by atoms with E-state index in [4.69, 9.17) is 0 Å². The number of aromatic nitrogens is 2. The zero-order chi connectivity index (χ0) is 20.4. The number of nitrogens with zero attached hydrogens (tertiary/aromatic N) is 2. The van der Waals surface area contributed by atoms with Crippen molar-refractivity contribution in [2.45, 2.75) is 90.7 Å². The highest BCUT2D eigenvalue weighted by atomic mass is 16.3. The Bertz CT molecular complexity index is 784. The number of carbonyl (C=O) groups excluding carboxylic acids is 1. The first-order valence-electron chi connectivity index (χ1n) is 12.0. The molecule has 1 N–H and O–H groups in total. The Morgan fingerprint density at radius 3 is 2.66 bits per heavy atom. The van der Waals surface area contributed by atoms with E-state index < -0.39 is 5.60 Å². The highest BCUT2D eigenvalue weighted by Crippen LogP contribution is 2.64. The Kier molecular flexibility index (Phi) is 4.73. The second-order valence-corrected chi connectivity index (χ2v) is 11.5. The van der Waals surface area contributed by atoms with E-state index in [1.54, 1.807) is 0 Å². The highest BCUT2D eigenvalue weighted by Gasteiger charge is 2.58. The van der Waals surface area contributed by atoms with Crippen molar-refractivity contribution in [3.63, 3.8) is 0 Å². The largest absolute Gasteiger partial charge is 0.390 e. The van der Waals surface area contributed by atoms with Gasteiger partial charge in [-0.25, -0.2) is 0 Å². The number of carbonyl (C=O) groups is 1. The molecule has 0 aromatic carbocycles. The SMILES string of the molecule is Cc1cnn(CC(=O)C2CCC3C4CCC5CC(C)(O)CCC5C4CCC23C)c1. The summed E-state index contributed by atoms with van der Waals surface area (Å²) in [6.07, 6.45) is 14.5. The van der Waals surface area contributed by atoms with Crippen molar-refractivity contribution in [3.05, 3.63) is 18.0 Å². The third-order valence-corrected chi connectivity index (χ3v) is 9.71. The standard InChI is InChI=1S/C25H38N2O2/c1-16-13-26-27(14-16)15-23(28)22-7-6-21-20-5-4-17-12-24(2,29)10-8-18(17)19(20)9-11-25(21,22)3/h13-14,17-22,29H,4-12,15H2,1-3H3. The van der Waals surface area contributed by atoms with E-state index >= 15 is 0 Å². The lowest BCUT2D eigenvalue weighted by Gasteiger charge is -2.56. The Hall–Kier alpha value is -1.16. The number of rotatable bonds is 3. The van der Waals surface area contributed by atoms with Gasteiger partial charge in [-0.1, -0.05) is 6.92 Å². The average molecular weight is 399 g/mol. The minimum absolute atomic E-state index is 0.188. The number of ketones is 1. The molecular formula is C25H38N2O2. The zero-order valence-corrected chi connectivity index (χ0v) is 18.4. The summed E-state index contributed by atoms with van der Waals surface area (Å²) in [7, 11) is 0. The number of hydrogen-bond donors (Lipinski definition) is 1. The van der Waals surface area contributed by atoms with Gasteiger partial charge < -0.3 is 5.11 Å². The van der Waals surface area contributed by atoms with Crippen molar-refractivity contribution in [3.8, 4) is 0 Å². The number of aliphatic hydroxyl groups is 1. The predicted octanol–water partition coefficient (Wildman–Crippen LogP) is 4.78. The van der Waals surface area contributed by atoms with Gasteiger partial charge in [-0.15, -0.1) is 0 Å². The van der Waals surface area contributed by atoms with Crippen molar-refractivity contribution in [1.82, 2.24) is 9.78 Å². The molecule has 0 spiro atoms. The summed E-state index contributed by atoms with van der Waals surface area (Å²) < 4.78 is 1.83. The summed E-state index contributed by atoms with van der Waals surface area (Å²) in [5, 5.41) is 14.9. The van der Waals surface area contributed by atoms with Gasteiger partial charge in [-0.3, -0.25) is 9.48 Å². The monoisotopic (exact) mass is 398 g/mol. The lowest BCUT2D eigenvalue weighted by atomic mass is 9.49. The van der Waals surface area contributed by atoms with Crippen molar-refractivity contribution >= 4 is 5.78 Å². The highest BCUT2D eigenvalue weighted by molar-refractivity contribution is 5.82. The van der Waals surface area contributed by atoms with Gasteiger partial charge in [0, 0.05) is 12.1 Å². The molecule has 160 valence electrons. The molecule has 8 atom stereocenters. The second kappa shape index (κ2) is 6.93. The van der Waals surface area contributed by atoms with Gasteiger partial charge in [0.15, 0.2) is 5.78 Å². The second-order valence-electron chi connectivity index (χ2n) is 11.5. The molecule has 4 nitrogen and oxygen atoms in total. The molecule has 29 heavy (non-hydrogen) atoms. The summed E-state index contributed by atoms with van der Waals surface area (Å²) >= 11 is 0. The molecule has 0 aliphatic heterocycles. The summed E-state index contributed by atoms with van der Waals surface area (Å²) in [6.45, 7) is 6.95. The maximum Gasteiger partial charge on any atom is 0.157 e. The van der Waals surface area contributed by atoms with Crippen LogP contribution in [0.3, 0.4) is 0 Å². The summed E-state index contributed by atoms with van der Waals surface area (Å²) in [5.41, 5.74) is 0.873. The van der Waals surface area contributed by atoms with E-state index in [9.17, 15) is 9.90 Å². The van der Waals surface area contributed by atoms with E-state index in [0.29, 0.717) is 12.3 Å². The normalized spacial score (nSPS) is 46.6. The molecule has 1 aromatic heterocycles. The van der Waals surface area contributed by atoms with E-state index in [0.717, 1.165) is 54.4 Å². The molecule has 8 unspecified atom stereocenters. The molecule has 4 heteroatoms. The fourth-order valence-electron chi connectivity index (χ4n) is 8.43. The molecule has 0 bridgehead atoms. The number of Topliss-reactive ketones (excluding diaryl/α,β-unsaturated/α-hetero) is 1. The van der Waals surface area contributed by atoms with Crippen LogP contribution in [0.15, 0.2) is 12.4 Å². The molecule has 5 rings (SSSR count). The molecule has 1 aromatic rings. The van der Waals surface area contributed by atoms with Crippen LogP contribution in [0.4, 0.5) is 0 Å². The van der Waals surface area contributed by atoms with Crippen molar-refractivity contribution in [1.29, 1.82) is 0 Å². The molecule has 0 radical (unpaired) electrons. The van der Waals surface area contributed by atoms with Crippen LogP contribution in [0.25, 0.3) is 0 Å². The molecule has 4 saturated carbocycles. The van der Waals surface area contributed by atoms with Gasteiger partial charge >= 0.3 is 0 Å². The first kappa shape index (κ1) is 19.8. The first-order valence-corrected chi connectivity index (χ1v) is 12.0. The Morgan fingerprint density at radius 2 is 1.90 bits per heavy atom. The predicted molar refractivity (Wildman–Crippen MR) is 113 cm³/mol. The summed E-state index contributed by atoms with van der Waals surface area (Å²) in [6, 6.07) is 0. The van der Waals surface area contributed by atoms with Crippen molar-refractivity contribution < 1.29 is 9.90 Å². The van der Waals surface area contributed by atoms with Crippen LogP contribution in [0.1, 0.15) is 77.2 Å². The topological polar surface area (TPSA) is 55.1 Å². The summed E-state index contributed by atoms with van der Waals surface area (Å²) in [4.78, 5) is 13.3. The van der Waals surface area contributed by atoms with Crippen LogP contribution >= 0.6 is 0 Å². The maximum absolute atomic E-state index is 13.3. The molecule has 4 aliphatic carbocycles. The van der Waals surface area contributed by atoms with Crippen molar-refractivity contribution in [2.75, 3.05) is 0 Å². The summed E-state index contributed by atoms with van der Waals surface area (Å²) in [5.74, 6) is 4.53. The van der Waals surface area contributed by atoms with E-state index in [1.165, 1.54) is 38.5 Å². The molecular weight excluding hydrogens is 360 g/mol. The van der Waals surface area contributed by atoms with Gasteiger partial charge in [0.2, 0.25) is 0 Å². The number of aryl methyl sites for hydroxylation is 1. The van der Waals surface area contributed by atoms with Crippen LogP contribution in [0.5, 0.6) is 0 Å². The minimum Gasteiger partial charge on any atom is -0.390 e. The smallest absolute Gasteiger partial charge is 0.157 e. The van der Waals surface area contributed by atoms with Crippen LogP contribution in [-0.4, -0.2) is 26.3 Å². The van der Waals surface area contributed by atoms with Crippen LogP contribution in [0.2, 0.25) is 0 Å². The fourth-order valence-corrected chi connectivity index (χ4v) is 8.43.